The second-order valence-corrected chi connectivity index (χ2v) is 10.6. The summed E-state index contributed by atoms with van der Waals surface area (Å²) < 4.78 is 0. The van der Waals surface area contributed by atoms with Gasteiger partial charge in [-0.3, -0.25) is 14.5 Å². The van der Waals surface area contributed by atoms with Crippen LogP contribution in [0.1, 0.15) is 10.4 Å². The number of anilines is 3. The highest BCUT2D eigenvalue weighted by Crippen LogP contribution is 2.48. The van der Waals surface area contributed by atoms with Gasteiger partial charge in [0.25, 0.3) is 5.91 Å². The van der Waals surface area contributed by atoms with E-state index < -0.39 is 0 Å². The number of rotatable bonds is 5. The monoisotopic (exact) mass is 536 g/mol. The molecule has 1 aliphatic rings. The van der Waals surface area contributed by atoms with Gasteiger partial charge in [-0.1, -0.05) is 65.3 Å². The number of hydrogen-bond acceptors (Lipinski definition) is 4. The molecule has 0 unspecified atom stereocenters. The summed E-state index contributed by atoms with van der Waals surface area (Å²) in [5.41, 5.74) is 2.73. The molecule has 8 heteroatoms. The molecule has 1 heterocycles. The molecule has 2 amide bonds. The highest BCUT2D eigenvalue weighted by molar-refractivity contribution is 8.00. The normalized spacial score (nSPS) is 12.0. The van der Waals surface area contributed by atoms with Gasteiger partial charge in [0.15, 0.2) is 0 Å². The van der Waals surface area contributed by atoms with Crippen molar-refractivity contribution in [3.05, 3.63) is 107 Å². The summed E-state index contributed by atoms with van der Waals surface area (Å²) in [4.78, 5) is 30.8. The van der Waals surface area contributed by atoms with Gasteiger partial charge >= 0.3 is 0 Å². The Balaban J connectivity index is 1.31. The summed E-state index contributed by atoms with van der Waals surface area (Å²) in [7, 11) is 0. The minimum atomic E-state index is -0.330. The molecular formula is C27H18Cl2N2O2S2. The van der Waals surface area contributed by atoms with Crippen LogP contribution in [0.3, 0.4) is 0 Å². The van der Waals surface area contributed by atoms with Gasteiger partial charge in [-0.15, -0.1) is 11.8 Å². The van der Waals surface area contributed by atoms with Crippen LogP contribution in [0.2, 0.25) is 10.0 Å². The van der Waals surface area contributed by atoms with Gasteiger partial charge in [-0.05, 0) is 60.7 Å². The van der Waals surface area contributed by atoms with Crippen LogP contribution in [0.4, 0.5) is 17.1 Å². The quantitative estimate of drug-likeness (QED) is 0.261. The number of nitrogens with zero attached hydrogens (tertiary/aromatic N) is 1. The molecule has 5 rings (SSSR count). The largest absolute Gasteiger partial charge is 0.322 e. The van der Waals surface area contributed by atoms with E-state index in [2.05, 4.69) is 5.32 Å². The lowest BCUT2D eigenvalue weighted by atomic mass is 10.2. The number of para-hydroxylation sites is 2. The van der Waals surface area contributed by atoms with Gasteiger partial charge < -0.3 is 5.32 Å². The molecule has 0 saturated heterocycles. The fourth-order valence-corrected chi connectivity index (χ4v) is 6.08. The average Bonchev–Trinajstić information content (AvgIpc) is 2.86. The molecule has 0 aliphatic carbocycles. The van der Waals surface area contributed by atoms with E-state index >= 15 is 0 Å². The maximum Gasteiger partial charge on any atom is 0.257 e. The van der Waals surface area contributed by atoms with Crippen LogP contribution >= 0.6 is 46.7 Å². The number of benzene rings is 4. The Bertz CT molecular complexity index is 1400. The van der Waals surface area contributed by atoms with Gasteiger partial charge in [-0.25, -0.2) is 0 Å². The van der Waals surface area contributed by atoms with Gasteiger partial charge in [0.05, 0.1) is 27.7 Å². The number of hydrogen-bond donors (Lipinski definition) is 1. The number of carbonyl (C=O) groups excluding carboxylic acids is 2. The lowest BCUT2D eigenvalue weighted by Crippen LogP contribution is -2.29. The smallest absolute Gasteiger partial charge is 0.257 e. The van der Waals surface area contributed by atoms with Crippen molar-refractivity contribution in [2.45, 2.75) is 14.7 Å². The summed E-state index contributed by atoms with van der Waals surface area (Å²) in [6.07, 6.45) is 0. The van der Waals surface area contributed by atoms with Gasteiger partial charge in [0.1, 0.15) is 0 Å². The number of thioether (sulfide) groups is 1. The maximum absolute atomic E-state index is 13.4. The number of fused-ring (bicyclic) bond motifs is 2. The third-order valence-electron chi connectivity index (χ3n) is 5.31. The number of amides is 2. The highest BCUT2D eigenvalue weighted by atomic mass is 35.5. The Kier molecular flexibility index (Phi) is 7.07. The van der Waals surface area contributed by atoms with Crippen molar-refractivity contribution in [1.29, 1.82) is 0 Å². The zero-order valence-corrected chi connectivity index (χ0v) is 21.3. The summed E-state index contributed by atoms with van der Waals surface area (Å²) >= 11 is 15.2. The van der Waals surface area contributed by atoms with Crippen molar-refractivity contribution >= 4 is 75.6 Å². The van der Waals surface area contributed by atoms with E-state index in [0.717, 1.165) is 26.1 Å². The van der Waals surface area contributed by atoms with Crippen LogP contribution in [0.15, 0.2) is 106 Å². The Morgan fingerprint density at radius 3 is 2.20 bits per heavy atom. The lowest BCUT2D eigenvalue weighted by Gasteiger charge is -2.31. The second kappa shape index (κ2) is 10.4. The van der Waals surface area contributed by atoms with E-state index in [-0.39, 0.29) is 22.6 Å². The van der Waals surface area contributed by atoms with Crippen LogP contribution in [-0.4, -0.2) is 17.6 Å². The predicted molar refractivity (Wildman–Crippen MR) is 146 cm³/mol. The molecule has 4 aromatic carbocycles. The zero-order chi connectivity index (χ0) is 24.4. The molecule has 0 atom stereocenters. The van der Waals surface area contributed by atoms with Crippen LogP contribution in [0.5, 0.6) is 0 Å². The molecule has 1 N–H and O–H groups in total. The highest BCUT2D eigenvalue weighted by Gasteiger charge is 2.27. The Morgan fingerprint density at radius 1 is 0.829 bits per heavy atom. The Hall–Kier alpha value is -2.90. The molecule has 1 aliphatic heterocycles. The fourth-order valence-electron chi connectivity index (χ4n) is 3.72. The summed E-state index contributed by atoms with van der Waals surface area (Å²) in [6.45, 7) is 0. The fraction of sp³-hybridized carbons (Fsp3) is 0.0370. The van der Waals surface area contributed by atoms with Crippen LogP contribution in [0, 0.1) is 0 Å². The second-order valence-electron chi connectivity index (χ2n) is 7.66. The molecule has 174 valence electrons. The number of halogens is 2. The van der Waals surface area contributed by atoms with E-state index in [0.29, 0.717) is 16.3 Å². The van der Waals surface area contributed by atoms with Crippen molar-refractivity contribution < 1.29 is 9.59 Å². The standard InChI is InChI=1S/C27H18Cl2N2O2S2/c28-17-12-13-20(21(29)14-17)27(33)30-18-6-5-7-19(15-18)34-16-26(32)31-22-8-1-3-10-24(22)35-25-11-4-2-9-23(25)31/h1-15H,16H2,(H,30,33). The first-order valence-corrected chi connectivity index (χ1v) is 13.2. The van der Waals surface area contributed by atoms with Crippen molar-refractivity contribution in [3.8, 4) is 0 Å². The Morgan fingerprint density at radius 2 is 1.51 bits per heavy atom. The van der Waals surface area contributed by atoms with Gasteiger partial charge in [-0.2, -0.15) is 0 Å². The summed E-state index contributed by atoms with van der Waals surface area (Å²) in [5, 5.41) is 3.61. The van der Waals surface area contributed by atoms with Gasteiger partial charge in [0.2, 0.25) is 5.91 Å². The molecule has 0 saturated carbocycles. The third kappa shape index (κ3) is 5.21. The van der Waals surface area contributed by atoms with E-state index in [4.69, 9.17) is 23.2 Å². The molecule has 0 spiro atoms. The van der Waals surface area contributed by atoms with E-state index in [1.807, 2.05) is 66.7 Å². The molecule has 4 nitrogen and oxygen atoms in total. The van der Waals surface area contributed by atoms with E-state index in [1.54, 1.807) is 34.9 Å². The summed E-state index contributed by atoms with van der Waals surface area (Å²) in [5.74, 6) is -0.102. The van der Waals surface area contributed by atoms with Crippen molar-refractivity contribution in [2.75, 3.05) is 16.0 Å². The van der Waals surface area contributed by atoms with E-state index in [9.17, 15) is 9.59 Å². The van der Waals surface area contributed by atoms with Crippen molar-refractivity contribution in [2.24, 2.45) is 0 Å². The molecule has 4 aromatic rings. The lowest BCUT2D eigenvalue weighted by molar-refractivity contribution is -0.115. The number of carbonyl (C=O) groups is 2. The zero-order valence-electron chi connectivity index (χ0n) is 18.2. The minimum absolute atomic E-state index is 0.0161. The number of nitrogens with one attached hydrogen (secondary N) is 1. The van der Waals surface area contributed by atoms with Gasteiger partial charge in [0, 0.05) is 25.4 Å². The van der Waals surface area contributed by atoms with Crippen molar-refractivity contribution in [3.63, 3.8) is 0 Å². The molecular weight excluding hydrogens is 519 g/mol. The maximum atomic E-state index is 13.4. The average molecular weight is 537 g/mol. The first-order valence-electron chi connectivity index (χ1n) is 10.7. The van der Waals surface area contributed by atoms with Crippen molar-refractivity contribution in [1.82, 2.24) is 0 Å². The topological polar surface area (TPSA) is 49.4 Å². The van der Waals surface area contributed by atoms with Crippen LogP contribution < -0.4 is 10.2 Å². The van der Waals surface area contributed by atoms with Crippen LogP contribution in [0.25, 0.3) is 0 Å². The third-order valence-corrected chi connectivity index (χ3v) is 7.97. The molecule has 0 bridgehead atoms. The molecule has 35 heavy (non-hydrogen) atoms. The molecule has 0 radical (unpaired) electrons. The Labute approximate surface area is 221 Å². The van der Waals surface area contributed by atoms with Crippen LogP contribution in [-0.2, 0) is 4.79 Å². The first-order chi connectivity index (χ1) is 17.0. The minimum Gasteiger partial charge on any atom is -0.322 e. The first kappa shape index (κ1) is 23.8. The molecule has 0 fully saturated rings. The predicted octanol–water partition coefficient (Wildman–Crippen LogP) is 8.17. The van der Waals surface area contributed by atoms with E-state index in [1.165, 1.54) is 17.8 Å². The summed E-state index contributed by atoms with van der Waals surface area (Å²) in [6, 6.07) is 28.0. The SMILES string of the molecule is O=C(Nc1cccc(SCC(=O)N2c3ccccc3Sc3ccccc32)c1)c1ccc(Cl)cc1Cl. The molecule has 0 aromatic heterocycles.